The number of hydrogen-bond donors (Lipinski definition) is 1. The number of carboxylic acids is 1. The predicted octanol–water partition coefficient (Wildman–Crippen LogP) is 6.35. The summed E-state index contributed by atoms with van der Waals surface area (Å²) in [5.41, 5.74) is 4.69. The Hall–Kier alpha value is -1.65. The predicted molar refractivity (Wildman–Crippen MR) is 138 cm³/mol. The van der Waals surface area contributed by atoms with E-state index in [0.717, 1.165) is 56.9 Å². The number of carboxylic acid groups (broad SMARTS) is 1. The van der Waals surface area contributed by atoms with Crippen LogP contribution in [-0.2, 0) is 9.53 Å². The third-order valence-corrected chi connectivity index (χ3v) is 8.23. The first-order chi connectivity index (χ1) is 15.9. The zero-order valence-electron chi connectivity index (χ0n) is 22.6. The van der Waals surface area contributed by atoms with Crippen molar-refractivity contribution in [2.24, 2.45) is 5.92 Å². The fourth-order valence-corrected chi connectivity index (χ4v) is 5.55. The second-order valence-electron chi connectivity index (χ2n) is 11.0. The maximum atomic E-state index is 10.7. The lowest BCUT2D eigenvalue weighted by atomic mass is 9.70. The van der Waals surface area contributed by atoms with Crippen molar-refractivity contribution in [3.05, 3.63) is 46.1 Å². The van der Waals surface area contributed by atoms with Gasteiger partial charge in [-0.25, -0.2) is 0 Å². The topological polar surface area (TPSA) is 69.6 Å². The summed E-state index contributed by atoms with van der Waals surface area (Å²) in [6.07, 6.45) is 15.9. The van der Waals surface area contributed by atoms with Crippen molar-refractivity contribution in [2.45, 2.75) is 130 Å². The summed E-state index contributed by atoms with van der Waals surface area (Å²) in [6.45, 7) is 14.7. The Morgan fingerprint density at radius 3 is 2.62 bits per heavy atom. The Morgan fingerprint density at radius 1 is 1.26 bits per heavy atom. The Bertz CT molecular complexity index is 846. The fourth-order valence-electron chi connectivity index (χ4n) is 5.55. The standard InChI is InChI=1S/C30H48O4/c1-8-30-25(6)24(5)27(31)20-26(30)17-19-29(7,34-30)18-11-15-22(3)13-9-12-21(2)14-10-16-23(4)28(32)33/h12,16,20,22,27,31H,8-11,13-15,17-19H2,1-7H3,(H,32,33)/p-1/b21-12+,23-16+. The number of carbonyl (C=O) groups excluding carboxylic acids is 1. The summed E-state index contributed by atoms with van der Waals surface area (Å²) in [5.74, 6) is -0.412. The highest BCUT2D eigenvalue weighted by Crippen LogP contribution is 2.50. The number of aliphatic hydroxyl groups is 1. The number of ether oxygens (including phenoxy) is 1. The van der Waals surface area contributed by atoms with Gasteiger partial charge in [0.05, 0.1) is 17.7 Å². The van der Waals surface area contributed by atoms with E-state index < -0.39 is 12.1 Å². The highest BCUT2D eigenvalue weighted by Gasteiger charge is 2.48. The molecule has 0 aromatic rings. The average Bonchev–Trinajstić information content (AvgIpc) is 2.78. The molecule has 1 saturated heterocycles. The van der Waals surface area contributed by atoms with Gasteiger partial charge in [0.25, 0.3) is 0 Å². The van der Waals surface area contributed by atoms with Gasteiger partial charge in [0, 0.05) is 0 Å². The van der Waals surface area contributed by atoms with Crippen molar-refractivity contribution in [3.63, 3.8) is 0 Å². The van der Waals surface area contributed by atoms with Gasteiger partial charge in [0.1, 0.15) is 5.60 Å². The molecule has 1 heterocycles. The molecule has 0 bridgehead atoms. The van der Waals surface area contributed by atoms with Gasteiger partial charge < -0.3 is 19.7 Å². The molecule has 0 radical (unpaired) electrons. The third-order valence-electron chi connectivity index (χ3n) is 8.23. The Kier molecular flexibility index (Phi) is 10.4. The lowest BCUT2D eigenvalue weighted by Crippen LogP contribution is -2.51. The minimum absolute atomic E-state index is 0.121. The van der Waals surface area contributed by atoms with Crippen LogP contribution >= 0.6 is 0 Å². The van der Waals surface area contributed by atoms with Crippen molar-refractivity contribution in [1.29, 1.82) is 0 Å². The maximum Gasteiger partial charge on any atom is 0.111 e. The molecule has 4 nitrogen and oxygen atoms in total. The molecule has 2 aliphatic rings. The van der Waals surface area contributed by atoms with E-state index in [1.807, 2.05) is 13.0 Å². The lowest BCUT2D eigenvalue weighted by molar-refractivity contribution is -0.299. The molecule has 1 N–H and O–H groups in total. The van der Waals surface area contributed by atoms with Crippen LogP contribution in [0.15, 0.2) is 46.1 Å². The van der Waals surface area contributed by atoms with E-state index in [0.29, 0.717) is 11.5 Å². The molecule has 4 atom stereocenters. The van der Waals surface area contributed by atoms with Gasteiger partial charge >= 0.3 is 0 Å². The largest absolute Gasteiger partial charge is 0.545 e. The molecule has 0 amide bonds. The molecule has 4 heteroatoms. The summed E-state index contributed by atoms with van der Waals surface area (Å²) in [7, 11) is 0. The van der Waals surface area contributed by atoms with Crippen molar-refractivity contribution in [1.82, 2.24) is 0 Å². The summed E-state index contributed by atoms with van der Waals surface area (Å²) in [4.78, 5) is 10.7. The first kappa shape index (κ1) is 28.6. The minimum atomic E-state index is -1.08. The summed E-state index contributed by atoms with van der Waals surface area (Å²) in [5, 5.41) is 21.1. The van der Waals surface area contributed by atoms with Gasteiger partial charge in [-0.15, -0.1) is 0 Å². The van der Waals surface area contributed by atoms with Crippen molar-refractivity contribution in [2.75, 3.05) is 0 Å². The summed E-state index contributed by atoms with van der Waals surface area (Å²) < 4.78 is 6.92. The molecule has 0 aromatic heterocycles. The number of fused-ring (bicyclic) bond motifs is 1. The maximum absolute atomic E-state index is 10.7. The second kappa shape index (κ2) is 12.4. The van der Waals surface area contributed by atoms with Crippen LogP contribution in [-0.4, -0.2) is 28.4 Å². The lowest BCUT2D eigenvalue weighted by Gasteiger charge is -2.51. The Balaban J connectivity index is 1.80. The van der Waals surface area contributed by atoms with E-state index in [4.69, 9.17) is 4.74 Å². The van der Waals surface area contributed by atoms with Gasteiger partial charge in [-0.2, -0.15) is 0 Å². The molecule has 1 fully saturated rings. The number of aliphatic carboxylic acids is 1. The first-order valence-electron chi connectivity index (χ1n) is 13.2. The molecular formula is C30H47O4-. The van der Waals surface area contributed by atoms with Crippen molar-refractivity contribution < 1.29 is 19.7 Å². The zero-order chi connectivity index (χ0) is 25.5. The molecule has 192 valence electrons. The molecule has 0 saturated carbocycles. The number of carbonyl (C=O) groups is 1. The van der Waals surface area contributed by atoms with Gasteiger partial charge in [-0.05, 0) is 120 Å². The van der Waals surface area contributed by atoms with E-state index in [2.05, 4.69) is 40.7 Å². The van der Waals surface area contributed by atoms with Crippen LogP contribution in [0, 0.1) is 5.92 Å². The molecule has 4 unspecified atom stereocenters. The normalized spacial score (nSPS) is 29.1. The number of aliphatic hydroxyl groups excluding tert-OH is 1. The van der Waals surface area contributed by atoms with Crippen LogP contribution in [0.5, 0.6) is 0 Å². The van der Waals surface area contributed by atoms with Gasteiger partial charge in [-0.3, -0.25) is 0 Å². The third kappa shape index (κ3) is 7.18. The monoisotopic (exact) mass is 471 g/mol. The SMILES string of the molecule is CCC12OC(C)(CCCC(C)CC/C=C(\C)CC/C=C(\C)C(=O)[O-])CCC1=CC(O)C(C)=C2C. The number of allylic oxidation sites excluding steroid dienone is 3. The molecule has 0 aromatic carbocycles. The van der Waals surface area contributed by atoms with Crippen molar-refractivity contribution in [3.8, 4) is 0 Å². The summed E-state index contributed by atoms with van der Waals surface area (Å²) in [6, 6.07) is 0. The smallest absolute Gasteiger partial charge is 0.111 e. The van der Waals surface area contributed by atoms with Crippen LogP contribution in [0.1, 0.15) is 113 Å². The van der Waals surface area contributed by atoms with Crippen LogP contribution in [0.25, 0.3) is 0 Å². The van der Waals surface area contributed by atoms with E-state index in [9.17, 15) is 15.0 Å². The number of rotatable bonds is 12. The summed E-state index contributed by atoms with van der Waals surface area (Å²) >= 11 is 0. The first-order valence-corrected chi connectivity index (χ1v) is 13.2. The van der Waals surface area contributed by atoms with Crippen molar-refractivity contribution >= 4 is 5.97 Å². The van der Waals surface area contributed by atoms with E-state index >= 15 is 0 Å². The number of hydrogen-bond acceptors (Lipinski definition) is 4. The van der Waals surface area contributed by atoms with E-state index in [1.165, 1.54) is 29.6 Å². The van der Waals surface area contributed by atoms with Crippen LogP contribution in [0.4, 0.5) is 0 Å². The van der Waals surface area contributed by atoms with E-state index in [1.54, 1.807) is 13.0 Å². The fraction of sp³-hybridized carbons (Fsp3) is 0.700. The van der Waals surface area contributed by atoms with Crippen LogP contribution < -0.4 is 5.11 Å². The highest BCUT2D eigenvalue weighted by atomic mass is 16.5. The molecule has 2 rings (SSSR count). The minimum Gasteiger partial charge on any atom is -0.545 e. The van der Waals surface area contributed by atoms with Gasteiger partial charge in [-0.1, -0.05) is 44.4 Å². The Morgan fingerprint density at radius 2 is 1.97 bits per heavy atom. The molecule has 1 aliphatic heterocycles. The van der Waals surface area contributed by atoms with E-state index in [-0.39, 0.29) is 11.2 Å². The quantitative estimate of drug-likeness (QED) is 0.266. The molecule has 0 spiro atoms. The average molecular weight is 472 g/mol. The Labute approximate surface area is 207 Å². The van der Waals surface area contributed by atoms with Crippen LogP contribution in [0.2, 0.25) is 0 Å². The van der Waals surface area contributed by atoms with Gasteiger partial charge in [0.15, 0.2) is 0 Å². The highest BCUT2D eigenvalue weighted by molar-refractivity contribution is 5.83. The van der Waals surface area contributed by atoms with Gasteiger partial charge in [0.2, 0.25) is 0 Å². The molecule has 34 heavy (non-hydrogen) atoms. The molecular weight excluding hydrogens is 424 g/mol. The molecule has 1 aliphatic carbocycles. The second-order valence-corrected chi connectivity index (χ2v) is 11.0. The zero-order valence-corrected chi connectivity index (χ0v) is 22.6. The van der Waals surface area contributed by atoms with Crippen LogP contribution in [0.3, 0.4) is 0 Å².